The molecule has 82 valence electrons. The molecule has 5 heteroatoms. The molecule has 1 aromatic heterocycles. The molecule has 0 aliphatic carbocycles. The molecule has 0 spiro atoms. The van der Waals surface area contributed by atoms with Gasteiger partial charge in [0, 0.05) is 18.2 Å². The van der Waals surface area contributed by atoms with Gasteiger partial charge in [-0.25, -0.2) is 9.97 Å². The predicted molar refractivity (Wildman–Crippen MR) is 65.2 cm³/mol. The topological polar surface area (TPSA) is 58.0 Å². The molecule has 4 nitrogen and oxygen atoms in total. The maximum absolute atomic E-state index is 9.56. The van der Waals surface area contributed by atoms with Gasteiger partial charge in [0.25, 0.3) is 0 Å². The van der Waals surface area contributed by atoms with Crippen LogP contribution in [0.2, 0.25) is 0 Å². The fourth-order valence-electron chi connectivity index (χ4n) is 1.28. The second kappa shape index (κ2) is 4.94. The van der Waals surface area contributed by atoms with E-state index in [0.717, 1.165) is 10.2 Å². The first-order valence-electron chi connectivity index (χ1n) is 4.74. The molecule has 0 saturated carbocycles. The number of nitrogens with zero attached hydrogens (tertiary/aromatic N) is 2. The molecule has 0 unspecified atom stereocenters. The Bertz CT molecular complexity index is 490. The summed E-state index contributed by atoms with van der Waals surface area (Å²) in [6.45, 7) is 0.524. The molecule has 16 heavy (non-hydrogen) atoms. The molecule has 0 atom stereocenters. The van der Waals surface area contributed by atoms with Gasteiger partial charge in [0.2, 0.25) is 0 Å². The number of para-hydroxylation sites is 1. The smallest absolute Gasteiger partial charge is 0.130 e. The Morgan fingerprint density at radius 1 is 1.25 bits per heavy atom. The predicted octanol–water partition coefficient (Wildman–Crippen LogP) is 2.56. The van der Waals surface area contributed by atoms with Crippen LogP contribution in [0.25, 0.3) is 0 Å². The fourth-order valence-corrected chi connectivity index (χ4v) is 1.58. The highest BCUT2D eigenvalue weighted by Crippen LogP contribution is 2.17. The summed E-state index contributed by atoms with van der Waals surface area (Å²) >= 11 is 3.26. The second-order valence-electron chi connectivity index (χ2n) is 3.21. The number of phenolic OH excluding ortho intramolecular Hbond substituents is 1. The molecule has 1 heterocycles. The Morgan fingerprint density at radius 3 is 2.81 bits per heavy atom. The standard InChI is InChI=1S/C11H10BrN3O/c12-10-5-11(15-7-14-10)13-6-8-3-1-2-4-9(8)16/h1-5,7,16H,6H2,(H,13,14,15). The van der Waals surface area contributed by atoms with E-state index in [1.54, 1.807) is 18.2 Å². The third-order valence-electron chi connectivity index (χ3n) is 2.09. The number of phenols is 1. The van der Waals surface area contributed by atoms with Crippen LogP contribution in [0.1, 0.15) is 5.56 Å². The van der Waals surface area contributed by atoms with Crippen LogP contribution >= 0.6 is 15.9 Å². The number of benzene rings is 1. The quantitative estimate of drug-likeness (QED) is 0.848. The highest BCUT2D eigenvalue weighted by atomic mass is 79.9. The van der Waals surface area contributed by atoms with Crippen molar-refractivity contribution in [2.75, 3.05) is 5.32 Å². The third-order valence-corrected chi connectivity index (χ3v) is 2.52. The van der Waals surface area contributed by atoms with Gasteiger partial charge < -0.3 is 10.4 Å². The number of rotatable bonds is 3. The van der Waals surface area contributed by atoms with Gasteiger partial charge in [0.1, 0.15) is 22.5 Å². The average molecular weight is 280 g/mol. The van der Waals surface area contributed by atoms with Crippen molar-refractivity contribution in [1.29, 1.82) is 0 Å². The normalized spacial score (nSPS) is 10.1. The van der Waals surface area contributed by atoms with Gasteiger partial charge in [-0.1, -0.05) is 18.2 Å². The first kappa shape index (κ1) is 10.9. The maximum Gasteiger partial charge on any atom is 0.130 e. The Kier molecular flexibility index (Phi) is 3.36. The summed E-state index contributed by atoms with van der Waals surface area (Å²) in [5.74, 6) is 0.994. The lowest BCUT2D eigenvalue weighted by molar-refractivity contribution is 0.469. The van der Waals surface area contributed by atoms with E-state index < -0.39 is 0 Å². The second-order valence-corrected chi connectivity index (χ2v) is 4.02. The summed E-state index contributed by atoms with van der Waals surface area (Å²) < 4.78 is 0.724. The lowest BCUT2D eigenvalue weighted by atomic mass is 10.2. The third kappa shape index (κ3) is 2.70. The highest BCUT2D eigenvalue weighted by Gasteiger charge is 2.00. The van der Waals surface area contributed by atoms with Gasteiger partial charge in [-0.3, -0.25) is 0 Å². The molecule has 0 bridgehead atoms. The molecule has 2 rings (SSSR count). The molecule has 0 aliphatic heterocycles. The van der Waals surface area contributed by atoms with Crippen LogP contribution in [0.15, 0.2) is 41.3 Å². The van der Waals surface area contributed by atoms with Crippen molar-refractivity contribution in [2.45, 2.75) is 6.54 Å². The van der Waals surface area contributed by atoms with E-state index in [-0.39, 0.29) is 5.75 Å². The van der Waals surface area contributed by atoms with Crippen molar-refractivity contribution < 1.29 is 5.11 Å². The van der Waals surface area contributed by atoms with Crippen LogP contribution < -0.4 is 5.32 Å². The first-order chi connectivity index (χ1) is 7.75. The van der Waals surface area contributed by atoms with E-state index in [1.807, 2.05) is 12.1 Å². The first-order valence-corrected chi connectivity index (χ1v) is 5.53. The van der Waals surface area contributed by atoms with E-state index in [4.69, 9.17) is 0 Å². The number of hydrogen-bond donors (Lipinski definition) is 2. The van der Waals surface area contributed by atoms with E-state index in [1.165, 1.54) is 6.33 Å². The van der Waals surface area contributed by atoms with E-state index in [9.17, 15) is 5.11 Å². The summed E-state index contributed by atoms with van der Waals surface area (Å²) in [5, 5.41) is 12.7. The molecule has 2 aromatic rings. The molecule has 0 radical (unpaired) electrons. The number of hydrogen-bond acceptors (Lipinski definition) is 4. The summed E-state index contributed by atoms with van der Waals surface area (Å²) in [7, 11) is 0. The van der Waals surface area contributed by atoms with Crippen LogP contribution in [0.5, 0.6) is 5.75 Å². The largest absolute Gasteiger partial charge is 0.508 e. The van der Waals surface area contributed by atoms with Gasteiger partial charge in [0.05, 0.1) is 0 Å². The molecule has 2 N–H and O–H groups in total. The van der Waals surface area contributed by atoms with Crippen molar-refractivity contribution in [3.8, 4) is 5.75 Å². The molecular weight excluding hydrogens is 270 g/mol. The molecule has 0 saturated heterocycles. The summed E-state index contributed by atoms with van der Waals surface area (Å²) in [6.07, 6.45) is 1.47. The van der Waals surface area contributed by atoms with Crippen LogP contribution in [-0.4, -0.2) is 15.1 Å². The van der Waals surface area contributed by atoms with Crippen LogP contribution in [0, 0.1) is 0 Å². The van der Waals surface area contributed by atoms with Gasteiger partial charge in [0.15, 0.2) is 0 Å². The highest BCUT2D eigenvalue weighted by molar-refractivity contribution is 9.10. The molecule has 1 aromatic carbocycles. The Morgan fingerprint density at radius 2 is 2.06 bits per heavy atom. The van der Waals surface area contributed by atoms with Crippen molar-refractivity contribution in [2.24, 2.45) is 0 Å². The molecule has 0 fully saturated rings. The zero-order valence-corrected chi connectivity index (χ0v) is 9.98. The van der Waals surface area contributed by atoms with Gasteiger partial charge >= 0.3 is 0 Å². The summed E-state index contributed by atoms with van der Waals surface area (Å²) in [5.41, 5.74) is 0.831. The molecule has 0 amide bonds. The van der Waals surface area contributed by atoms with Crippen molar-refractivity contribution in [1.82, 2.24) is 9.97 Å². The number of aromatic nitrogens is 2. The Balaban J connectivity index is 2.05. The Labute approximate surface area is 102 Å². The number of aromatic hydroxyl groups is 1. The maximum atomic E-state index is 9.56. The van der Waals surface area contributed by atoms with E-state index in [2.05, 4.69) is 31.2 Å². The molecular formula is C11H10BrN3O. The van der Waals surface area contributed by atoms with Gasteiger partial charge in [-0.2, -0.15) is 0 Å². The van der Waals surface area contributed by atoms with Gasteiger partial charge in [-0.05, 0) is 22.0 Å². The summed E-state index contributed by atoms with van der Waals surface area (Å²) in [6, 6.07) is 8.97. The average Bonchev–Trinajstić information content (AvgIpc) is 2.28. The van der Waals surface area contributed by atoms with Crippen LogP contribution in [0.4, 0.5) is 5.82 Å². The van der Waals surface area contributed by atoms with Crippen molar-refractivity contribution in [3.05, 3.63) is 46.8 Å². The van der Waals surface area contributed by atoms with Crippen LogP contribution in [0.3, 0.4) is 0 Å². The minimum absolute atomic E-state index is 0.281. The zero-order chi connectivity index (χ0) is 11.4. The number of anilines is 1. The fraction of sp³-hybridized carbons (Fsp3) is 0.0909. The van der Waals surface area contributed by atoms with E-state index >= 15 is 0 Å². The lowest BCUT2D eigenvalue weighted by Crippen LogP contribution is -2.01. The van der Waals surface area contributed by atoms with Crippen LogP contribution in [-0.2, 0) is 6.54 Å². The molecule has 0 aliphatic rings. The monoisotopic (exact) mass is 279 g/mol. The van der Waals surface area contributed by atoms with Gasteiger partial charge in [-0.15, -0.1) is 0 Å². The summed E-state index contributed by atoms with van der Waals surface area (Å²) in [4.78, 5) is 7.98. The van der Waals surface area contributed by atoms with Crippen molar-refractivity contribution in [3.63, 3.8) is 0 Å². The Hall–Kier alpha value is -1.62. The van der Waals surface area contributed by atoms with E-state index in [0.29, 0.717) is 12.4 Å². The number of halogens is 1. The van der Waals surface area contributed by atoms with Crippen molar-refractivity contribution >= 4 is 21.7 Å². The lowest BCUT2D eigenvalue weighted by Gasteiger charge is -2.06. The zero-order valence-electron chi connectivity index (χ0n) is 8.39. The number of nitrogens with one attached hydrogen (secondary N) is 1. The SMILES string of the molecule is Oc1ccccc1CNc1cc(Br)ncn1. The minimum Gasteiger partial charge on any atom is -0.508 e. The minimum atomic E-state index is 0.281.